The molecule has 2 heterocycles. The minimum Gasteiger partial charge on any atom is -0.452 e. The molecule has 0 spiro atoms. The van der Waals surface area contributed by atoms with Crippen LogP contribution in [0.1, 0.15) is 39.8 Å². The molecule has 142 valence electrons. The average Bonchev–Trinajstić information content (AvgIpc) is 3.21. The molecule has 6 nitrogen and oxygen atoms in total. The number of likely N-dealkylation sites (tertiary alicyclic amines) is 1. The van der Waals surface area contributed by atoms with E-state index in [-0.39, 0.29) is 18.4 Å². The van der Waals surface area contributed by atoms with E-state index < -0.39 is 5.97 Å². The predicted molar refractivity (Wildman–Crippen MR) is 104 cm³/mol. The summed E-state index contributed by atoms with van der Waals surface area (Å²) in [4.78, 5) is 38.7. The van der Waals surface area contributed by atoms with E-state index in [0.717, 1.165) is 25.9 Å². The Morgan fingerprint density at radius 3 is 2.67 bits per heavy atom. The van der Waals surface area contributed by atoms with Gasteiger partial charge in [0.1, 0.15) is 0 Å². The normalized spacial score (nSPS) is 16.6. The van der Waals surface area contributed by atoms with Gasteiger partial charge in [-0.25, -0.2) is 4.79 Å². The topological polar surface area (TPSA) is 75.7 Å². The second-order valence-corrected chi connectivity index (χ2v) is 7.62. The first-order valence-corrected chi connectivity index (χ1v) is 9.80. The summed E-state index contributed by atoms with van der Waals surface area (Å²) >= 11 is 1.36. The lowest BCUT2D eigenvalue weighted by atomic mass is 10.0. The third-order valence-electron chi connectivity index (χ3n) is 4.46. The predicted octanol–water partition coefficient (Wildman–Crippen LogP) is 3.42. The number of hydrogen-bond donors (Lipinski definition) is 1. The van der Waals surface area contributed by atoms with Crippen molar-refractivity contribution in [3.63, 3.8) is 0 Å². The Kier molecular flexibility index (Phi) is 6.24. The smallest absolute Gasteiger partial charge is 0.338 e. The van der Waals surface area contributed by atoms with Gasteiger partial charge in [-0.05, 0) is 54.5 Å². The Bertz CT molecular complexity index is 802. The molecular formula is C20H22N2O4S. The van der Waals surface area contributed by atoms with Crippen molar-refractivity contribution in [3.05, 3.63) is 52.2 Å². The van der Waals surface area contributed by atoms with Gasteiger partial charge in [-0.2, -0.15) is 0 Å². The lowest BCUT2D eigenvalue weighted by Gasteiger charge is -2.30. The zero-order valence-corrected chi connectivity index (χ0v) is 16.0. The summed E-state index contributed by atoms with van der Waals surface area (Å²) in [5.74, 6) is -0.420. The first-order chi connectivity index (χ1) is 13.0. The van der Waals surface area contributed by atoms with Gasteiger partial charge in [0, 0.05) is 18.8 Å². The minimum absolute atomic E-state index is 0.158. The van der Waals surface area contributed by atoms with Gasteiger partial charge in [0.15, 0.2) is 6.61 Å². The number of hydrogen-bond acceptors (Lipinski definition) is 5. The fourth-order valence-electron chi connectivity index (χ4n) is 3.01. The van der Waals surface area contributed by atoms with Crippen molar-refractivity contribution in [1.82, 2.24) is 4.90 Å². The van der Waals surface area contributed by atoms with E-state index in [1.54, 1.807) is 35.2 Å². The van der Waals surface area contributed by atoms with Gasteiger partial charge in [0.2, 0.25) is 0 Å². The summed E-state index contributed by atoms with van der Waals surface area (Å²) in [6.45, 7) is 3.31. The second-order valence-electron chi connectivity index (χ2n) is 6.67. The molecule has 1 aromatic carbocycles. The van der Waals surface area contributed by atoms with Crippen LogP contribution < -0.4 is 5.32 Å². The van der Waals surface area contributed by atoms with Gasteiger partial charge in [-0.15, -0.1) is 11.3 Å². The van der Waals surface area contributed by atoms with Crippen molar-refractivity contribution in [2.45, 2.75) is 19.8 Å². The van der Waals surface area contributed by atoms with E-state index in [2.05, 4.69) is 12.2 Å². The quantitative estimate of drug-likeness (QED) is 0.799. The van der Waals surface area contributed by atoms with Crippen molar-refractivity contribution < 1.29 is 19.1 Å². The molecule has 0 unspecified atom stereocenters. The number of nitrogens with zero attached hydrogens (tertiary/aromatic N) is 1. The van der Waals surface area contributed by atoms with E-state index in [0.29, 0.717) is 22.0 Å². The Morgan fingerprint density at radius 1 is 1.22 bits per heavy atom. The molecule has 1 fully saturated rings. The van der Waals surface area contributed by atoms with E-state index in [4.69, 9.17) is 4.74 Å². The van der Waals surface area contributed by atoms with E-state index in [1.807, 2.05) is 11.4 Å². The van der Waals surface area contributed by atoms with E-state index in [9.17, 15) is 14.4 Å². The number of thiophene rings is 1. The Balaban J connectivity index is 1.50. The molecule has 2 amide bonds. The number of esters is 1. The molecule has 1 saturated heterocycles. The van der Waals surface area contributed by atoms with Crippen molar-refractivity contribution in [2.24, 2.45) is 5.92 Å². The van der Waals surface area contributed by atoms with Crippen LogP contribution in [-0.2, 0) is 9.53 Å². The first-order valence-electron chi connectivity index (χ1n) is 8.93. The Morgan fingerprint density at radius 2 is 2.00 bits per heavy atom. The molecule has 0 saturated carbocycles. The maximum atomic E-state index is 12.2. The molecule has 1 N–H and O–H groups in total. The van der Waals surface area contributed by atoms with Crippen LogP contribution in [0.15, 0.2) is 41.8 Å². The largest absolute Gasteiger partial charge is 0.452 e. The maximum absolute atomic E-state index is 12.2. The molecule has 1 atom stereocenters. The molecule has 1 aliphatic rings. The van der Waals surface area contributed by atoms with Gasteiger partial charge in [-0.3, -0.25) is 9.59 Å². The molecule has 2 aromatic rings. The molecule has 27 heavy (non-hydrogen) atoms. The van der Waals surface area contributed by atoms with Crippen LogP contribution in [-0.4, -0.2) is 42.4 Å². The summed E-state index contributed by atoms with van der Waals surface area (Å²) in [5, 5.41) is 4.60. The molecule has 0 bridgehead atoms. The maximum Gasteiger partial charge on any atom is 0.338 e. The molecule has 1 aliphatic heterocycles. The highest BCUT2D eigenvalue weighted by Crippen LogP contribution is 2.16. The zero-order valence-electron chi connectivity index (χ0n) is 15.1. The highest BCUT2D eigenvalue weighted by Gasteiger charge is 2.22. The third kappa shape index (κ3) is 5.17. The summed E-state index contributed by atoms with van der Waals surface area (Å²) in [6.07, 6.45) is 2.11. The van der Waals surface area contributed by atoms with Crippen LogP contribution in [0.5, 0.6) is 0 Å². The van der Waals surface area contributed by atoms with Crippen LogP contribution >= 0.6 is 11.3 Å². The van der Waals surface area contributed by atoms with Gasteiger partial charge >= 0.3 is 5.97 Å². The van der Waals surface area contributed by atoms with Crippen molar-refractivity contribution in [1.29, 1.82) is 0 Å². The van der Waals surface area contributed by atoms with Gasteiger partial charge < -0.3 is 15.0 Å². The third-order valence-corrected chi connectivity index (χ3v) is 5.33. The Labute approximate surface area is 162 Å². The zero-order chi connectivity index (χ0) is 19.2. The van der Waals surface area contributed by atoms with E-state index >= 15 is 0 Å². The minimum atomic E-state index is -0.551. The van der Waals surface area contributed by atoms with Crippen LogP contribution in [0.3, 0.4) is 0 Å². The van der Waals surface area contributed by atoms with Gasteiger partial charge in [0.05, 0.1) is 10.4 Å². The summed E-state index contributed by atoms with van der Waals surface area (Å²) in [7, 11) is 0. The molecule has 0 radical (unpaired) electrons. The SMILES string of the molecule is C[C@H]1CCCN(C(=O)COC(=O)c2ccc(NC(=O)c3cccs3)cc2)C1. The number of rotatable bonds is 5. The average molecular weight is 386 g/mol. The van der Waals surface area contributed by atoms with Crippen LogP contribution in [0.4, 0.5) is 5.69 Å². The summed E-state index contributed by atoms with van der Waals surface area (Å²) in [5.41, 5.74) is 0.923. The Hall–Kier alpha value is -2.67. The summed E-state index contributed by atoms with van der Waals surface area (Å²) in [6, 6.07) is 9.96. The van der Waals surface area contributed by atoms with Crippen molar-refractivity contribution >= 4 is 34.8 Å². The molecular weight excluding hydrogens is 364 g/mol. The molecule has 0 aliphatic carbocycles. The van der Waals surface area contributed by atoms with Gasteiger partial charge in [-0.1, -0.05) is 13.0 Å². The van der Waals surface area contributed by atoms with Crippen LogP contribution in [0.25, 0.3) is 0 Å². The number of benzene rings is 1. The second kappa shape index (κ2) is 8.81. The lowest BCUT2D eigenvalue weighted by Crippen LogP contribution is -2.41. The highest BCUT2D eigenvalue weighted by molar-refractivity contribution is 7.12. The number of nitrogens with one attached hydrogen (secondary N) is 1. The fourth-order valence-corrected chi connectivity index (χ4v) is 3.63. The first kappa shape index (κ1) is 19.1. The van der Waals surface area contributed by atoms with Crippen LogP contribution in [0.2, 0.25) is 0 Å². The standard InChI is InChI=1S/C20H22N2O4S/c1-14-4-2-10-22(12-14)18(23)13-26-20(25)15-6-8-16(9-7-15)21-19(24)17-5-3-11-27-17/h3,5-9,11,14H,2,4,10,12-13H2,1H3,(H,21,24)/t14-/m0/s1. The van der Waals surface area contributed by atoms with E-state index in [1.165, 1.54) is 11.3 Å². The monoisotopic (exact) mass is 386 g/mol. The number of amides is 2. The van der Waals surface area contributed by atoms with Crippen LogP contribution in [0, 0.1) is 5.92 Å². The van der Waals surface area contributed by atoms with Crippen molar-refractivity contribution in [2.75, 3.05) is 25.0 Å². The fraction of sp³-hybridized carbons (Fsp3) is 0.350. The number of carbonyl (C=O) groups is 3. The van der Waals surface area contributed by atoms with Crippen molar-refractivity contribution in [3.8, 4) is 0 Å². The van der Waals surface area contributed by atoms with Gasteiger partial charge in [0.25, 0.3) is 11.8 Å². The highest BCUT2D eigenvalue weighted by atomic mass is 32.1. The number of ether oxygens (including phenoxy) is 1. The molecule has 7 heteroatoms. The molecule has 1 aromatic heterocycles. The molecule has 3 rings (SSSR count). The lowest BCUT2D eigenvalue weighted by molar-refractivity contribution is -0.136. The summed E-state index contributed by atoms with van der Waals surface area (Å²) < 4.78 is 5.14. The number of anilines is 1. The number of piperidine rings is 1. The number of carbonyl (C=O) groups excluding carboxylic acids is 3.